The van der Waals surface area contributed by atoms with E-state index in [1.165, 1.54) is 30.6 Å². The Morgan fingerprint density at radius 2 is 2.17 bits per heavy atom. The normalized spacial score (nSPS) is 19.4. The standard InChI is InChI=1S/C22H28N4O2S/c1-3-4-6-16-8-10-17(11-9-16)21(27)24-20-13-15(2)25-26(20)22-23-18(14-29-22)19-7-5-12-28-19/h5,7,12-14,16-17H,3-4,6,8-11H2,1-2H3,(H,24,27). The maximum Gasteiger partial charge on any atom is 0.228 e. The number of thiazole rings is 1. The zero-order valence-electron chi connectivity index (χ0n) is 17.1. The van der Waals surface area contributed by atoms with Crippen LogP contribution in [0.25, 0.3) is 16.6 Å². The van der Waals surface area contributed by atoms with Crippen LogP contribution in [0.2, 0.25) is 0 Å². The third-order valence-electron chi connectivity index (χ3n) is 5.71. The molecule has 0 unspecified atom stereocenters. The largest absolute Gasteiger partial charge is 0.463 e. The molecule has 7 heteroatoms. The molecule has 0 atom stereocenters. The molecule has 0 aliphatic heterocycles. The minimum Gasteiger partial charge on any atom is -0.463 e. The minimum absolute atomic E-state index is 0.0894. The number of aryl methyl sites for hydroxylation is 1. The summed E-state index contributed by atoms with van der Waals surface area (Å²) in [4.78, 5) is 17.5. The van der Waals surface area contributed by atoms with Crippen LogP contribution in [0.4, 0.5) is 5.82 Å². The van der Waals surface area contributed by atoms with Crippen LogP contribution < -0.4 is 5.32 Å². The summed E-state index contributed by atoms with van der Waals surface area (Å²) in [7, 11) is 0. The first-order valence-corrected chi connectivity index (χ1v) is 11.4. The molecule has 1 fully saturated rings. The van der Waals surface area contributed by atoms with Crippen molar-refractivity contribution in [2.75, 3.05) is 5.32 Å². The average molecular weight is 413 g/mol. The van der Waals surface area contributed by atoms with Gasteiger partial charge in [0.05, 0.1) is 12.0 Å². The quantitative estimate of drug-likeness (QED) is 0.530. The van der Waals surface area contributed by atoms with Crippen molar-refractivity contribution in [3.8, 4) is 16.6 Å². The van der Waals surface area contributed by atoms with Gasteiger partial charge in [0.1, 0.15) is 11.5 Å². The second-order valence-electron chi connectivity index (χ2n) is 7.92. The van der Waals surface area contributed by atoms with E-state index in [9.17, 15) is 4.79 Å². The second-order valence-corrected chi connectivity index (χ2v) is 8.76. The Morgan fingerprint density at radius 3 is 2.90 bits per heavy atom. The summed E-state index contributed by atoms with van der Waals surface area (Å²) in [6.45, 7) is 4.16. The summed E-state index contributed by atoms with van der Waals surface area (Å²) < 4.78 is 7.15. The van der Waals surface area contributed by atoms with Crippen molar-refractivity contribution in [1.82, 2.24) is 14.8 Å². The lowest BCUT2D eigenvalue weighted by atomic mass is 9.79. The highest BCUT2D eigenvalue weighted by Gasteiger charge is 2.27. The topological polar surface area (TPSA) is 73.0 Å². The van der Waals surface area contributed by atoms with E-state index in [0.717, 1.165) is 48.7 Å². The fourth-order valence-electron chi connectivity index (χ4n) is 4.07. The lowest BCUT2D eigenvalue weighted by Gasteiger charge is -2.27. The van der Waals surface area contributed by atoms with Gasteiger partial charge in [0.2, 0.25) is 11.0 Å². The van der Waals surface area contributed by atoms with E-state index in [1.807, 2.05) is 30.5 Å². The van der Waals surface area contributed by atoms with E-state index in [-0.39, 0.29) is 11.8 Å². The monoisotopic (exact) mass is 412 g/mol. The molecular weight excluding hydrogens is 384 g/mol. The smallest absolute Gasteiger partial charge is 0.228 e. The van der Waals surface area contributed by atoms with Crippen LogP contribution in [0.3, 0.4) is 0 Å². The zero-order chi connectivity index (χ0) is 20.2. The molecule has 6 nitrogen and oxygen atoms in total. The van der Waals surface area contributed by atoms with Gasteiger partial charge in [-0.25, -0.2) is 4.98 Å². The number of unbranched alkanes of at least 4 members (excludes halogenated alkanes) is 1. The Morgan fingerprint density at radius 1 is 1.34 bits per heavy atom. The fraction of sp³-hybridized carbons (Fsp3) is 0.500. The number of rotatable bonds is 7. The molecule has 0 spiro atoms. The van der Waals surface area contributed by atoms with Crippen LogP contribution in [0, 0.1) is 18.8 Å². The van der Waals surface area contributed by atoms with Crippen molar-refractivity contribution in [3.05, 3.63) is 35.5 Å². The van der Waals surface area contributed by atoms with Gasteiger partial charge >= 0.3 is 0 Å². The van der Waals surface area contributed by atoms with Crippen LogP contribution in [0.5, 0.6) is 0 Å². The summed E-state index contributed by atoms with van der Waals surface area (Å²) in [6, 6.07) is 5.63. The Labute approximate surface area is 175 Å². The van der Waals surface area contributed by atoms with Crippen molar-refractivity contribution in [3.63, 3.8) is 0 Å². The van der Waals surface area contributed by atoms with E-state index in [4.69, 9.17) is 4.42 Å². The summed E-state index contributed by atoms with van der Waals surface area (Å²) in [6.07, 6.45) is 9.77. The number of carbonyl (C=O) groups is 1. The third kappa shape index (κ3) is 4.61. The molecule has 29 heavy (non-hydrogen) atoms. The van der Waals surface area contributed by atoms with Gasteiger partial charge < -0.3 is 9.73 Å². The van der Waals surface area contributed by atoms with Crippen molar-refractivity contribution in [2.24, 2.45) is 11.8 Å². The number of furan rings is 1. The summed E-state index contributed by atoms with van der Waals surface area (Å²) in [5.74, 6) is 2.39. The third-order valence-corrected chi connectivity index (χ3v) is 6.53. The summed E-state index contributed by atoms with van der Waals surface area (Å²) in [5.41, 5.74) is 1.61. The van der Waals surface area contributed by atoms with Gasteiger partial charge in [0.15, 0.2) is 5.76 Å². The van der Waals surface area contributed by atoms with E-state index in [1.54, 1.807) is 10.9 Å². The molecule has 3 aromatic heterocycles. The molecule has 154 valence electrons. The number of hydrogen-bond acceptors (Lipinski definition) is 5. The highest BCUT2D eigenvalue weighted by atomic mass is 32.1. The number of carbonyl (C=O) groups excluding carboxylic acids is 1. The van der Waals surface area contributed by atoms with Gasteiger partial charge in [-0.05, 0) is 50.7 Å². The second kappa shape index (κ2) is 8.95. The molecule has 0 aromatic carbocycles. The van der Waals surface area contributed by atoms with Crippen LogP contribution in [-0.2, 0) is 4.79 Å². The van der Waals surface area contributed by atoms with Gasteiger partial charge in [-0.2, -0.15) is 9.78 Å². The van der Waals surface area contributed by atoms with Gasteiger partial charge in [0.25, 0.3) is 0 Å². The van der Waals surface area contributed by atoms with Gasteiger partial charge in [-0.1, -0.05) is 26.2 Å². The van der Waals surface area contributed by atoms with Gasteiger partial charge in [-0.3, -0.25) is 4.79 Å². The molecule has 3 aromatic rings. The highest BCUT2D eigenvalue weighted by molar-refractivity contribution is 7.12. The molecule has 0 radical (unpaired) electrons. The number of nitrogens with one attached hydrogen (secondary N) is 1. The summed E-state index contributed by atoms with van der Waals surface area (Å²) >= 11 is 1.48. The zero-order valence-corrected chi connectivity index (χ0v) is 17.9. The van der Waals surface area contributed by atoms with Crippen LogP contribution in [0.15, 0.2) is 34.3 Å². The predicted octanol–water partition coefficient (Wildman–Crippen LogP) is 5.83. The van der Waals surface area contributed by atoms with Gasteiger partial charge in [-0.15, -0.1) is 11.3 Å². The van der Waals surface area contributed by atoms with Crippen molar-refractivity contribution >= 4 is 23.1 Å². The number of amides is 1. The number of nitrogens with zero attached hydrogens (tertiary/aromatic N) is 3. The van der Waals surface area contributed by atoms with E-state index >= 15 is 0 Å². The van der Waals surface area contributed by atoms with E-state index in [2.05, 4.69) is 22.3 Å². The summed E-state index contributed by atoms with van der Waals surface area (Å²) in [5, 5.41) is 10.3. The van der Waals surface area contributed by atoms with Crippen LogP contribution >= 0.6 is 11.3 Å². The molecule has 1 saturated carbocycles. The van der Waals surface area contributed by atoms with E-state index < -0.39 is 0 Å². The van der Waals surface area contributed by atoms with Gasteiger partial charge in [0, 0.05) is 17.4 Å². The number of anilines is 1. The molecule has 0 saturated heterocycles. The first kappa shape index (κ1) is 19.9. The Hall–Kier alpha value is -2.41. The first-order chi connectivity index (χ1) is 14.1. The van der Waals surface area contributed by atoms with Crippen molar-refractivity contribution in [1.29, 1.82) is 0 Å². The number of hydrogen-bond donors (Lipinski definition) is 1. The first-order valence-electron chi connectivity index (χ1n) is 10.5. The van der Waals surface area contributed by atoms with Crippen molar-refractivity contribution in [2.45, 2.75) is 58.8 Å². The average Bonchev–Trinajstić information content (AvgIpc) is 3.47. The Balaban J connectivity index is 1.43. The lowest BCUT2D eigenvalue weighted by Crippen LogP contribution is -2.28. The molecule has 1 aliphatic rings. The predicted molar refractivity (Wildman–Crippen MR) is 115 cm³/mol. The molecule has 1 aliphatic carbocycles. The van der Waals surface area contributed by atoms with Crippen LogP contribution in [0.1, 0.15) is 57.6 Å². The fourth-order valence-corrected chi connectivity index (χ4v) is 4.84. The molecule has 1 N–H and O–H groups in total. The Kier molecular flexibility index (Phi) is 6.13. The molecular formula is C22H28N4O2S. The lowest BCUT2D eigenvalue weighted by molar-refractivity contribution is -0.121. The van der Waals surface area contributed by atoms with Crippen LogP contribution in [-0.4, -0.2) is 20.7 Å². The molecule has 4 rings (SSSR count). The maximum atomic E-state index is 12.9. The minimum atomic E-state index is 0.0894. The molecule has 0 bridgehead atoms. The Bertz CT molecular complexity index is 936. The number of aromatic nitrogens is 3. The highest BCUT2D eigenvalue weighted by Crippen LogP contribution is 2.33. The molecule has 3 heterocycles. The maximum absolute atomic E-state index is 12.9. The SMILES string of the molecule is CCCCC1CCC(C(=O)Nc2cc(C)nn2-c2nc(-c3ccco3)cs2)CC1. The van der Waals surface area contributed by atoms with Crippen molar-refractivity contribution < 1.29 is 9.21 Å². The molecule has 1 amide bonds. The van der Waals surface area contributed by atoms with E-state index in [0.29, 0.717) is 10.9 Å².